The minimum absolute atomic E-state index is 0.195. The zero-order valence-corrected chi connectivity index (χ0v) is 11.9. The molecule has 0 aliphatic carbocycles. The lowest BCUT2D eigenvalue weighted by Gasteiger charge is -2.12. The number of ether oxygens (including phenoxy) is 2. The Labute approximate surface area is 114 Å². The summed E-state index contributed by atoms with van der Waals surface area (Å²) in [4.78, 5) is 0. The predicted molar refractivity (Wildman–Crippen MR) is 75.9 cm³/mol. The van der Waals surface area contributed by atoms with Crippen molar-refractivity contribution in [2.45, 2.75) is 25.6 Å². The van der Waals surface area contributed by atoms with E-state index in [1.807, 2.05) is 31.2 Å². The molecule has 1 atom stereocenters. The first kappa shape index (κ1) is 15.1. The molecule has 0 bridgehead atoms. The van der Waals surface area contributed by atoms with Gasteiger partial charge in [-0.3, -0.25) is 0 Å². The van der Waals surface area contributed by atoms with Gasteiger partial charge in [0.25, 0.3) is 0 Å². The molecule has 0 heterocycles. The molecule has 0 spiro atoms. The van der Waals surface area contributed by atoms with Crippen molar-refractivity contribution in [1.29, 1.82) is 0 Å². The molecule has 102 valence electrons. The van der Waals surface area contributed by atoms with Gasteiger partial charge >= 0.3 is 0 Å². The highest BCUT2D eigenvalue weighted by Gasteiger charge is 2.03. The first-order chi connectivity index (χ1) is 8.77. The fourth-order valence-electron chi connectivity index (χ4n) is 1.48. The van der Waals surface area contributed by atoms with Gasteiger partial charge in [0, 0.05) is 18.5 Å². The SMILES string of the molecule is CCOc1ccccc1OCCNCC(Cl)CC. The summed E-state index contributed by atoms with van der Waals surface area (Å²) in [5, 5.41) is 3.46. The summed E-state index contributed by atoms with van der Waals surface area (Å²) in [6.45, 7) is 6.89. The summed E-state index contributed by atoms with van der Waals surface area (Å²) >= 11 is 6.00. The van der Waals surface area contributed by atoms with Crippen molar-refractivity contribution in [3.63, 3.8) is 0 Å². The van der Waals surface area contributed by atoms with Gasteiger partial charge in [0.2, 0.25) is 0 Å². The first-order valence-electron chi connectivity index (χ1n) is 6.47. The highest BCUT2D eigenvalue weighted by atomic mass is 35.5. The summed E-state index contributed by atoms with van der Waals surface area (Å²) in [5.41, 5.74) is 0. The van der Waals surface area contributed by atoms with Crippen LogP contribution < -0.4 is 14.8 Å². The number of halogens is 1. The second-order valence-electron chi connectivity index (χ2n) is 3.94. The standard InChI is InChI=1S/C14H22ClNO2/c1-3-12(15)11-16-9-10-18-14-8-6-5-7-13(14)17-4-2/h5-8,12,16H,3-4,9-11H2,1-2H3. The molecule has 1 aromatic rings. The Morgan fingerprint density at radius 3 is 2.44 bits per heavy atom. The number of para-hydroxylation sites is 2. The Bertz CT molecular complexity index is 333. The molecule has 3 nitrogen and oxygen atoms in total. The minimum atomic E-state index is 0.195. The summed E-state index contributed by atoms with van der Waals surface area (Å²) in [7, 11) is 0. The fraction of sp³-hybridized carbons (Fsp3) is 0.571. The second-order valence-corrected chi connectivity index (χ2v) is 4.56. The zero-order chi connectivity index (χ0) is 13.2. The number of hydrogen-bond acceptors (Lipinski definition) is 3. The number of alkyl halides is 1. The molecule has 1 rings (SSSR count). The quantitative estimate of drug-likeness (QED) is 0.553. The van der Waals surface area contributed by atoms with Crippen molar-refractivity contribution in [3.8, 4) is 11.5 Å². The van der Waals surface area contributed by atoms with E-state index in [-0.39, 0.29) is 5.38 Å². The molecule has 1 aromatic carbocycles. The van der Waals surface area contributed by atoms with Crippen LogP contribution in [0.2, 0.25) is 0 Å². The van der Waals surface area contributed by atoms with Crippen LogP contribution in [0.25, 0.3) is 0 Å². The van der Waals surface area contributed by atoms with Crippen molar-refractivity contribution < 1.29 is 9.47 Å². The molecule has 1 N–H and O–H groups in total. The van der Waals surface area contributed by atoms with Crippen molar-refractivity contribution in [3.05, 3.63) is 24.3 Å². The Balaban J connectivity index is 2.26. The Morgan fingerprint density at radius 2 is 1.83 bits per heavy atom. The van der Waals surface area contributed by atoms with Gasteiger partial charge in [-0.15, -0.1) is 11.6 Å². The maximum absolute atomic E-state index is 6.00. The molecule has 18 heavy (non-hydrogen) atoms. The van der Waals surface area contributed by atoms with Crippen LogP contribution in [0.1, 0.15) is 20.3 Å². The molecule has 4 heteroatoms. The molecule has 0 saturated heterocycles. The van der Waals surface area contributed by atoms with E-state index < -0.39 is 0 Å². The Morgan fingerprint density at radius 1 is 1.17 bits per heavy atom. The van der Waals surface area contributed by atoms with Gasteiger partial charge in [-0.1, -0.05) is 19.1 Å². The van der Waals surface area contributed by atoms with Gasteiger partial charge in [0.15, 0.2) is 11.5 Å². The minimum Gasteiger partial charge on any atom is -0.490 e. The van der Waals surface area contributed by atoms with Crippen LogP contribution in [0.3, 0.4) is 0 Å². The Kier molecular flexibility index (Phi) is 7.62. The van der Waals surface area contributed by atoms with Gasteiger partial charge in [0.05, 0.1) is 6.61 Å². The van der Waals surface area contributed by atoms with E-state index in [2.05, 4.69) is 12.2 Å². The largest absolute Gasteiger partial charge is 0.490 e. The zero-order valence-electron chi connectivity index (χ0n) is 11.1. The number of nitrogens with one attached hydrogen (secondary N) is 1. The molecular weight excluding hydrogens is 250 g/mol. The molecule has 0 aliphatic rings. The van der Waals surface area contributed by atoms with E-state index in [0.717, 1.165) is 31.0 Å². The average molecular weight is 272 g/mol. The number of hydrogen-bond donors (Lipinski definition) is 1. The maximum Gasteiger partial charge on any atom is 0.161 e. The van der Waals surface area contributed by atoms with Crippen molar-refractivity contribution >= 4 is 11.6 Å². The lowest BCUT2D eigenvalue weighted by molar-refractivity contribution is 0.276. The lowest BCUT2D eigenvalue weighted by Crippen LogP contribution is -2.27. The third-order valence-corrected chi connectivity index (χ3v) is 2.96. The summed E-state index contributed by atoms with van der Waals surface area (Å²) < 4.78 is 11.2. The predicted octanol–water partition coefficient (Wildman–Crippen LogP) is 3.07. The maximum atomic E-state index is 6.00. The van der Waals surface area contributed by atoms with Crippen molar-refractivity contribution in [2.75, 3.05) is 26.3 Å². The van der Waals surface area contributed by atoms with Crippen LogP contribution in [0.5, 0.6) is 11.5 Å². The third kappa shape index (κ3) is 5.61. The smallest absolute Gasteiger partial charge is 0.161 e. The van der Waals surface area contributed by atoms with Gasteiger partial charge < -0.3 is 14.8 Å². The monoisotopic (exact) mass is 271 g/mol. The highest BCUT2D eigenvalue weighted by Crippen LogP contribution is 2.25. The topological polar surface area (TPSA) is 30.5 Å². The number of rotatable bonds is 9. The van der Waals surface area contributed by atoms with E-state index in [1.54, 1.807) is 0 Å². The molecule has 0 fully saturated rings. The third-order valence-electron chi connectivity index (χ3n) is 2.49. The van der Waals surface area contributed by atoms with Gasteiger partial charge in [-0.2, -0.15) is 0 Å². The summed E-state index contributed by atoms with van der Waals surface area (Å²) in [5.74, 6) is 1.59. The molecule has 0 radical (unpaired) electrons. The lowest BCUT2D eigenvalue weighted by atomic mass is 10.3. The van der Waals surface area contributed by atoms with Crippen LogP contribution in [-0.2, 0) is 0 Å². The second kappa shape index (κ2) is 9.06. The average Bonchev–Trinajstić information content (AvgIpc) is 2.40. The summed E-state index contributed by atoms with van der Waals surface area (Å²) in [6.07, 6.45) is 0.975. The van der Waals surface area contributed by atoms with E-state index >= 15 is 0 Å². The van der Waals surface area contributed by atoms with Gasteiger partial charge in [0.1, 0.15) is 6.61 Å². The summed E-state index contributed by atoms with van der Waals surface area (Å²) in [6, 6.07) is 7.71. The van der Waals surface area contributed by atoms with Crippen LogP contribution in [0.4, 0.5) is 0 Å². The molecular formula is C14H22ClNO2. The molecule has 0 aromatic heterocycles. The van der Waals surface area contributed by atoms with Gasteiger partial charge in [-0.25, -0.2) is 0 Å². The van der Waals surface area contributed by atoms with E-state index in [4.69, 9.17) is 21.1 Å². The molecule has 1 unspecified atom stereocenters. The van der Waals surface area contributed by atoms with Gasteiger partial charge in [-0.05, 0) is 25.5 Å². The normalized spacial score (nSPS) is 12.2. The van der Waals surface area contributed by atoms with E-state index in [9.17, 15) is 0 Å². The van der Waals surface area contributed by atoms with Crippen molar-refractivity contribution in [2.24, 2.45) is 0 Å². The molecule has 0 saturated carbocycles. The van der Waals surface area contributed by atoms with E-state index in [0.29, 0.717) is 13.2 Å². The van der Waals surface area contributed by atoms with Crippen LogP contribution >= 0.6 is 11.6 Å². The molecule has 0 amide bonds. The Hall–Kier alpha value is -0.930. The number of benzene rings is 1. The van der Waals surface area contributed by atoms with Crippen LogP contribution in [0.15, 0.2) is 24.3 Å². The molecule has 0 aliphatic heterocycles. The van der Waals surface area contributed by atoms with Crippen LogP contribution in [0, 0.1) is 0 Å². The van der Waals surface area contributed by atoms with Crippen molar-refractivity contribution in [1.82, 2.24) is 5.32 Å². The fourth-order valence-corrected chi connectivity index (χ4v) is 1.59. The first-order valence-corrected chi connectivity index (χ1v) is 6.91. The highest BCUT2D eigenvalue weighted by molar-refractivity contribution is 6.20. The van der Waals surface area contributed by atoms with Crippen LogP contribution in [-0.4, -0.2) is 31.7 Å². The van der Waals surface area contributed by atoms with E-state index in [1.165, 1.54) is 0 Å².